The van der Waals surface area contributed by atoms with Crippen molar-refractivity contribution in [1.29, 1.82) is 0 Å². The molecule has 3 heterocycles. The van der Waals surface area contributed by atoms with Gasteiger partial charge in [-0.3, -0.25) is 4.79 Å². The highest BCUT2D eigenvalue weighted by Gasteiger charge is 2.17. The molecule has 0 aliphatic rings. The van der Waals surface area contributed by atoms with Crippen molar-refractivity contribution in [3.63, 3.8) is 0 Å². The predicted octanol–water partition coefficient (Wildman–Crippen LogP) is 3.49. The molecule has 0 saturated carbocycles. The molecular formula is C22H22N6O3S. The number of anilines is 1. The van der Waals surface area contributed by atoms with E-state index in [1.165, 1.54) is 11.8 Å². The lowest BCUT2D eigenvalue weighted by molar-refractivity contribution is -0.117. The fourth-order valence-electron chi connectivity index (χ4n) is 3.39. The molecule has 4 aromatic rings. The van der Waals surface area contributed by atoms with Crippen LogP contribution in [0.25, 0.3) is 22.5 Å². The molecule has 3 aromatic heterocycles. The van der Waals surface area contributed by atoms with Crippen molar-refractivity contribution in [2.24, 2.45) is 0 Å². The molecule has 4 rings (SSSR count). The summed E-state index contributed by atoms with van der Waals surface area (Å²) in [5, 5.41) is 7.64. The third kappa shape index (κ3) is 4.35. The molecule has 0 fully saturated rings. The smallest absolute Gasteiger partial charge is 0.387 e. The van der Waals surface area contributed by atoms with E-state index in [-0.39, 0.29) is 12.4 Å². The lowest BCUT2D eigenvalue weighted by atomic mass is 10.2. The molecule has 10 heteroatoms. The van der Waals surface area contributed by atoms with E-state index < -0.39 is 11.7 Å². The summed E-state index contributed by atoms with van der Waals surface area (Å²) >= 11 is 1.45. The zero-order valence-corrected chi connectivity index (χ0v) is 18.6. The topological polar surface area (TPSA) is 108 Å². The minimum absolute atomic E-state index is 0.115. The van der Waals surface area contributed by atoms with Gasteiger partial charge in [0.2, 0.25) is 5.91 Å². The number of carbonyl (C=O) groups excluding carboxylic acids is 1. The van der Waals surface area contributed by atoms with Gasteiger partial charge in [0.1, 0.15) is 17.4 Å². The van der Waals surface area contributed by atoms with Crippen molar-refractivity contribution < 1.29 is 9.21 Å². The monoisotopic (exact) mass is 450 g/mol. The molecule has 0 radical (unpaired) electrons. The molecule has 164 valence electrons. The van der Waals surface area contributed by atoms with Gasteiger partial charge >= 0.3 is 5.76 Å². The molecule has 0 spiro atoms. The molecule has 0 aliphatic heterocycles. The second kappa shape index (κ2) is 9.23. The standard InChI is InChI=1S/C22H22N6O3S/c1-4-11-32-21-16(7-6-10-23-21)20-26-28(22(30)31-20)13-19(29)25-15-8-9-18-17(12-15)24-14(3)27(18)5-2/h4,6-10,12H,1,5,11,13H2,2-3H3,(H,25,29). The Morgan fingerprint density at radius 3 is 2.97 bits per heavy atom. The van der Waals surface area contributed by atoms with Crippen LogP contribution in [0, 0.1) is 6.92 Å². The molecule has 1 N–H and O–H groups in total. The highest BCUT2D eigenvalue weighted by molar-refractivity contribution is 7.99. The quantitative estimate of drug-likeness (QED) is 0.323. The molecular weight excluding hydrogens is 428 g/mol. The second-order valence-corrected chi connectivity index (χ2v) is 7.95. The van der Waals surface area contributed by atoms with Gasteiger partial charge in [-0.1, -0.05) is 6.08 Å². The number of rotatable bonds is 8. The summed E-state index contributed by atoms with van der Waals surface area (Å²) in [4.78, 5) is 33.7. The van der Waals surface area contributed by atoms with Crippen LogP contribution in [0.5, 0.6) is 0 Å². The zero-order valence-electron chi connectivity index (χ0n) is 17.7. The van der Waals surface area contributed by atoms with E-state index in [4.69, 9.17) is 4.42 Å². The number of amides is 1. The highest BCUT2D eigenvalue weighted by atomic mass is 32.2. The van der Waals surface area contributed by atoms with E-state index in [0.29, 0.717) is 22.0 Å². The van der Waals surface area contributed by atoms with Crippen LogP contribution >= 0.6 is 11.8 Å². The average Bonchev–Trinajstić information content (AvgIpc) is 3.30. The lowest BCUT2D eigenvalue weighted by Crippen LogP contribution is -2.25. The zero-order chi connectivity index (χ0) is 22.7. The van der Waals surface area contributed by atoms with Crippen LogP contribution in [0.4, 0.5) is 5.69 Å². The summed E-state index contributed by atoms with van der Waals surface area (Å²) < 4.78 is 8.37. The Bertz CT molecular complexity index is 1350. The van der Waals surface area contributed by atoms with Crippen LogP contribution in [-0.2, 0) is 17.9 Å². The van der Waals surface area contributed by atoms with Crippen molar-refractivity contribution in [1.82, 2.24) is 24.3 Å². The third-order valence-electron chi connectivity index (χ3n) is 4.78. The molecule has 0 atom stereocenters. The van der Waals surface area contributed by atoms with Crippen LogP contribution < -0.4 is 11.1 Å². The minimum Gasteiger partial charge on any atom is -0.387 e. The van der Waals surface area contributed by atoms with Crippen LogP contribution in [0.2, 0.25) is 0 Å². The molecule has 0 aliphatic carbocycles. The van der Waals surface area contributed by atoms with Gasteiger partial charge in [-0.05, 0) is 44.2 Å². The number of hydrogen-bond acceptors (Lipinski definition) is 7. The lowest BCUT2D eigenvalue weighted by Gasteiger charge is -2.06. The van der Waals surface area contributed by atoms with Gasteiger partial charge in [0, 0.05) is 24.2 Å². The van der Waals surface area contributed by atoms with Crippen LogP contribution in [0.15, 0.2) is 63.4 Å². The van der Waals surface area contributed by atoms with Gasteiger partial charge in [0.25, 0.3) is 5.89 Å². The van der Waals surface area contributed by atoms with E-state index in [2.05, 4.69) is 38.5 Å². The largest absolute Gasteiger partial charge is 0.437 e. The van der Waals surface area contributed by atoms with Crippen molar-refractivity contribution in [2.75, 3.05) is 11.1 Å². The number of fused-ring (bicyclic) bond motifs is 1. The van der Waals surface area contributed by atoms with E-state index >= 15 is 0 Å². The van der Waals surface area contributed by atoms with Gasteiger partial charge in [-0.2, -0.15) is 4.68 Å². The maximum Gasteiger partial charge on any atom is 0.437 e. The normalized spacial score (nSPS) is 11.1. The number of imidazole rings is 1. The minimum atomic E-state index is -0.716. The maximum absolute atomic E-state index is 12.5. The van der Waals surface area contributed by atoms with Crippen molar-refractivity contribution in [3.8, 4) is 11.5 Å². The summed E-state index contributed by atoms with van der Waals surface area (Å²) in [6, 6.07) is 9.03. The Morgan fingerprint density at radius 2 is 2.19 bits per heavy atom. The Balaban J connectivity index is 1.51. The molecule has 32 heavy (non-hydrogen) atoms. The SMILES string of the molecule is C=CCSc1ncccc1-c1nn(CC(=O)Nc2ccc3c(c2)nc(C)n3CC)c(=O)o1. The number of carbonyl (C=O) groups is 1. The number of nitrogens with zero attached hydrogens (tertiary/aromatic N) is 5. The Kier molecular flexibility index (Phi) is 6.22. The first-order valence-electron chi connectivity index (χ1n) is 10.0. The predicted molar refractivity (Wildman–Crippen MR) is 124 cm³/mol. The number of nitrogens with one attached hydrogen (secondary N) is 1. The molecule has 0 bridgehead atoms. The van der Waals surface area contributed by atoms with E-state index in [1.54, 1.807) is 24.4 Å². The van der Waals surface area contributed by atoms with Gasteiger partial charge < -0.3 is 14.3 Å². The summed E-state index contributed by atoms with van der Waals surface area (Å²) in [6.45, 7) is 8.23. The van der Waals surface area contributed by atoms with Gasteiger partial charge in [0.15, 0.2) is 0 Å². The summed E-state index contributed by atoms with van der Waals surface area (Å²) in [6.07, 6.45) is 3.41. The average molecular weight is 451 g/mol. The van der Waals surface area contributed by atoms with Gasteiger partial charge in [0.05, 0.1) is 16.6 Å². The molecule has 9 nitrogen and oxygen atoms in total. The van der Waals surface area contributed by atoms with E-state index in [1.807, 2.05) is 25.1 Å². The summed E-state index contributed by atoms with van der Waals surface area (Å²) in [5.74, 6) is 0.563. The maximum atomic E-state index is 12.5. The summed E-state index contributed by atoms with van der Waals surface area (Å²) in [5.41, 5.74) is 2.98. The van der Waals surface area contributed by atoms with E-state index in [9.17, 15) is 9.59 Å². The summed E-state index contributed by atoms with van der Waals surface area (Å²) in [7, 11) is 0. The van der Waals surface area contributed by atoms with Gasteiger partial charge in [-0.25, -0.2) is 14.8 Å². The van der Waals surface area contributed by atoms with Crippen molar-refractivity contribution in [3.05, 3.63) is 65.6 Å². The number of aromatic nitrogens is 5. The number of aryl methyl sites for hydroxylation is 2. The van der Waals surface area contributed by atoms with Gasteiger partial charge in [-0.15, -0.1) is 23.4 Å². The first-order chi connectivity index (χ1) is 15.5. The van der Waals surface area contributed by atoms with Crippen LogP contribution in [0.3, 0.4) is 0 Å². The number of benzene rings is 1. The fourth-order valence-corrected chi connectivity index (χ4v) is 4.11. The molecule has 1 aromatic carbocycles. The first-order valence-corrected chi connectivity index (χ1v) is 11.0. The number of pyridine rings is 1. The Labute approximate surface area is 188 Å². The van der Waals surface area contributed by atoms with Crippen molar-refractivity contribution in [2.45, 2.75) is 32.0 Å². The van der Waals surface area contributed by atoms with Crippen LogP contribution in [0.1, 0.15) is 12.7 Å². The Hall–Kier alpha value is -3.66. The van der Waals surface area contributed by atoms with Crippen LogP contribution in [-0.4, -0.2) is 36.0 Å². The molecule has 0 unspecified atom stereocenters. The second-order valence-electron chi connectivity index (χ2n) is 6.94. The molecule has 1 amide bonds. The third-order valence-corrected chi connectivity index (χ3v) is 5.78. The first kappa shape index (κ1) is 21.6. The fraction of sp³-hybridized carbons (Fsp3) is 0.227. The highest BCUT2D eigenvalue weighted by Crippen LogP contribution is 2.27. The van der Waals surface area contributed by atoms with Crippen molar-refractivity contribution >= 4 is 34.4 Å². The molecule has 0 saturated heterocycles. The Morgan fingerprint density at radius 1 is 1.34 bits per heavy atom. The number of thioether (sulfide) groups is 1. The van der Waals surface area contributed by atoms with E-state index in [0.717, 1.165) is 28.1 Å². The number of hydrogen-bond donors (Lipinski definition) is 1.